The number of aliphatic hydroxyl groups excluding tert-OH is 1. The van der Waals surface area contributed by atoms with Gasteiger partial charge in [0.2, 0.25) is 0 Å². The fourth-order valence-electron chi connectivity index (χ4n) is 0.394. The SMILES string of the molecule is C=C(C)/C=C(/F)C(=C)CO. The average Bonchev–Trinajstić information content (AvgIpc) is 1.85. The fraction of sp³-hybridized carbons (Fsp3) is 0.250. The van der Waals surface area contributed by atoms with E-state index in [1.807, 2.05) is 0 Å². The maximum Gasteiger partial charge on any atom is 0.128 e. The first-order chi connectivity index (χ1) is 4.57. The van der Waals surface area contributed by atoms with Gasteiger partial charge in [-0.25, -0.2) is 4.39 Å². The van der Waals surface area contributed by atoms with Gasteiger partial charge in [-0.05, 0) is 13.0 Å². The van der Waals surface area contributed by atoms with Crippen LogP contribution in [0.3, 0.4) is 0 Å². The van der Waals surface area contributed by atoms with Crippen molar-refractivity contribution in [2.24, 2.45) is 0 Å². The van der Waals surface area contributed by atoms with Crippen molar-refractivity contribution in [2.45, 2.75) is 6.92 Å². The third-order valence-electron chi connectivity index (χ3n) is 0.902. The zero-order chi connectivity index (χ0) is 8.15. The van der Waals surface area contributed by atoms with Crippen molar-refractivity contribution in [1.82, 2.24) is 0 Å². The average molecular weight is 142 g/mol. The Balaban J connectivity index is 4.19. The van der Waals surface area contributed by atoms with E-state index in [2.05, 4.69) is 13.2 Å². The highest BCUT2D eigenvalue weighted by Gasteiger charge is 1.97. The highest BCUT2D eigenvalue weighted by atomic mass is 19.1. The lowest BCUT2D eigenvalue weighted by Crippen LogP contribution is -1.88. The van der Waals surface area contributed by atoms with Crippen LogP contribution in [-0.2, 0) is 0 Å². The number of hydrogen-bond acceptors (Lipinski definition) is 1. The van der Waals surface area contributed by atoms with Gasteiger partial charge in [-0.2, -0.15) is 0 Å². The Kier molecular flexibility index (Phi) is 3.65. The molecule has 0 saturated carbocycles. The van der Waals surface area contributed by atoms with E-state index in [9.17, 15) is 4.39 Å². The van der Waals surface area contributed by atoms with Gasteiger partial charge in [0.1, 0.15) is 5.83 Å². The Bertz CT molecular complexity index is 180. The van der Waals surface area contributed by atoms with Crippen molar-refractivity contribution >= 4 is 0 Å². The first kappa shape index (κ1) is 9.11. The van der Waals surface area contributed by atoms with Crippen molar-refractivity contribution in [3.63, 3.8) is 0 Å². The minimum absolute atomic E-state index is 0.0861. The van der Waals surface area contributed by atoms with Crippen molar-refractivity contribution < 1.29 is 9.50 Å². The molecular weight excluding hydrogens is 131 g/mol. The quantitative estimate of drug-likeness (QED) is 0.597. The molecule has 0 heterocycles. The summed E-state index contributed by atoms with van der Waals surface area (Å²) in [5.41, 5.74) is 0.690. The minimum Gasteiger partial charge on any atom is -0.392 e. The molecule has 10 heavy (non-hydrogen) atoms. The van der Waals surface area contributed by atoms with Gasteiger partial charge in [-0.15, -0.1) is 0 Å². The van der Waals surface area contributed by atoms with Crippen LogP contribution >= 0.6 is 0 Å². The van der Waals surface area contributed by atoms with Crippen molar-refractivity contribution in [3.05, 3.63) is 36.2 Å². The molecule has 0 unspecified atom stereocenters. The molecule has 0 aromatic rings. The highest BCUT2D eigenvalue weighted by Crippen LogP contribution is 2.10. The Morgan fingerprint density at radius 2 is 2.10 bits per heavy atom. The van der Waals surface area contributed by atoms with Gasteiger partial charge in [0.25, 0.3) is 0 Å². The van der Waals surface area contributed by atoms with E-state index in [-0.39, 0.29) is 12.2 Å². The standard InChI is InChI=1S/C8H11FO/c1-6(2)4-8(9)7(3)5-10/h4,10H,1,3,5H2,2H3/b8-4+. The molecule has 2 heteroatoms. The van der Waals surface area contributed by atoms with Gasteiger partial charge in [-0.1, -0.05) is 18.7 Å². The molecule has 0 amide bonds. The summed E-state index contributed by atoms with van der Waals surface area (Å²) in [6, 6.07) is 0. The molecule has 0 aliphatic rings. The zero-order valence-electron chi connectivity index (χ0n) is 6.02. The smallest absolute Gasteiger partial charge is 0.128 e. The van der Waals surface area contributed by atoms with Crippen LogP contribution in [0.1, 0.15) is 6.92 Å². The second kappa shape index (κ2) is 4.01. The lowest BCUT2D eigenvalue weighted by Gasteiger charge is -1.95. The lowest BCUT2D eigenvalue weighted by atomic mass is 10.2. The Labute approximate surface area is 60.2 Å². The third-order valence-corrected chi connectivity index (χ3v) is 0.902. The summed E-state index contributed by atoms with van der Waals surface area (Å²) in [5, 5.41) is 8.41. The molecule has 0 bridgehead atoms. The summed E-state index contributed by atoms with van der Waals surface area (Å²) in [5.74, 6) is -0.505. The van der Waals surface area contributed by atoms with Gasteiger partial charge in [0, 0.05) is 5.57 Å². The van der Waals surface area contributed by atoms with Gasteiger partial charge in [-0.3, -0.25) is 0 Å². The van der Waals surface area contributed by atoms with Crippen molar-refractivity contribution in [1.29, 1.82) is 0 Å². The molecule has 0 saturated heterocycles. The van der Waals surface area contributed by atoms with Crippen LogP contribution in [0.4, 0.5) is 4.39 Å². The number of rotatable bonds is 3. The summed E-state index contributed by atoms with van der Waals surface area (Å²) in [6.07, 6.45) is 1.23. The molecule has 0 radical (unpaired) electrons. The molecule has 0 spiro atoms. The molecular formula is C8H11FO. The van der Waals surface area contributed by atoms with Crippen LogP contribution in [0.5, 0.6) is 0 Å². The molecule has 0 aromatic carbocycles. The second-order valence-electron chi connectivity index (χ2n) is 2.10. The summed E-state index contributed by atoms with van der Waals surface area (Å²) < 4.78 is 12.6. The van der Waals surface area contributed by atoms with Crippen LogP contribution in [0, 0.1) is 0 Å². The summed E-state index contributed by atoms with van der Waals surface area (Å²) in [6.45, 7) is 8.08. The van der Waals surface area contributed by atoms with Gasteiger partial charge in [0.15, 0.2) is 0 Å². The number of allylic oxidation sites excluding steroid dienone is 2. The van der Waals surface area contributed by atoms with E-state index in [1.54, 1.807) is 6.92 Å². The largest absolute Gasteiger partial charge is 0.392 e. The maximum atomic E-state index is 12.6. The molecule has 0 atom stereocenters. The molecule has 1 N–H and O–H groups in total. The summed E-state index contributed by atoms with van der Waals surface area (Å²) in [7, 11) is 0. The Morgan fingerprint density at radius 1 is 1.60 bits per heavy atom. The predicted octanol–water partition coefficient (Wildman–Crippen LogP) is 1.96. The van der Waals surface area contributed by atoms with E-state index in [0.717, 1.165) is 0 Å². The van der Waals surface area contributed by atoms with E-state index < -0.39 is 5.83 Å². The van der Waals surface area contributed by atoms with Crippen LogP contribution in [-0.4, -0.2) is 11.7 Å². The topological polar surface area (TPSA) is 20.2 Å². The Morgan fingerprint density at radius 3 is 2.40 bits per heavy atom. The van der Waals surface area contributed by atoms with E-state index in [1.165, 1.54) is 6.08 Å². The van der Waals surface area contributed by atoms with Crippen LogP contribution in [0.2, 0.25) is 0 Å². The number of aliphatic hydroxyl groups is 1. The molecule has 0 aliphatic carbocycles. The molecule has 0 aliphatic heterocycles. The first-order valence-corrected chi connectivity index (χ1v) is 2.89. The fourth-order valence-corrected chi connectivity index (χ4v) is 0.394. The Hall–Kier alpha value is -0.890. The number of halogens is 1. The number of hydrogen-bond donors (Lipinski definition) is 1. The highest BCUT2D eigenvalue weighted by molar-refractivity contribution is 5.28. The zero-order valence-corrected chi connectivity index (χ0v) is 6.02. The molecule has 56 valence electrons. The predicted molar refractivity (Wildman–Crippen MR) is 40.2 cm³/mol. The summed E-state index contributed by atoms with van der Waals surface area (Å²) >= 11 is 0. The summed E-state index contributed by atoms with van der Waals surface area (Å²) in [4.78, 5) is 0. The van der Waals surface area contributed by atoms with E-state index >= 15 is 0 Å². The first-order valence-electron chi connectivity index (χ1n) is 2.89. The van der Waals surface area contributed by atoms with Crippen molar-refractivity contribution in [2.75, 3.05) is 6.61 Å². The van der Waals surface area contributed by atoms with Gasteiger partial charge in [0.05, 0.1) is 6.61 Å². The van der Waals surface area contributed by atoms with Crippen molar-refractivity contribution in [3.8, 4) is 0 Å². The molecule has 0 rings (SSSR count). The third kappa shape index (κ3) is 3.20. The lowest BCUT2D eigenvalue weighted by molar-refractivity contribution is 0.328. The van der Waals surface area contributed by atoms with Crippen LogP contribution < -0.4 is 0 Å². The monoisotopic (exact) mass is 142 g/mol. The molecule has 0 fully saturated rings. The van der Waals surface area contributed by atoms with E-state index in [4.69, 9.17) is 5.11 Å². The maximum absolute atomic E-state index is 12.6. The minimum atomic E-state index is -0.505. The van der Waals surface area contributed by atoms with Gasteiger partial charge < -0.3 is 5.11 Å². The second-order valence-corrected chi connectivity index (χ2v) is 2.10. The normalized spacial score (nSPS) is 11.3. The molecule has 0 aromatic heterocycles. The van der Waals surface area contributed by atoms with Crippen LogP contribution in [0.15, 0.2) is 36.2 Å². The van der Waals surface area contributed by atoms with E-state index in [0.29, 0.717) is 5.57 Å². The van der Waals surface area contributed by atoms with Crippen LogP contribution in [0.25, 0.3) is 0 Å². The molecule has 1 nitrogen and oxygen atoms in total. The van der Waals surface area contributed by atoms with Gasteiger partial charge >= 0.3 is 0 Å².